The van der Waals surface area contributed by atoms with Crippen molar-refractivity contribution >= 4 is 5.91 Å². The van der Waals surface area contributed by atoms with Gasteiger partial charge in [0.15, 0.2) is 0 Å². The molecule has 0 radical (unpaired) electrons. The molecule has 106 valence electrons. The fourth-order valence-corrected chi connectivity index (χ4v) is 2.26. The number of hydrogen-bond acceptors (Lipinski definition) is 3. The standard InChI is InChI=1S/C14H23N3O2/c1-10(2)6-13(18)14(19)17(12-4-5-12)9-11-7-15-16(3)8-11/h7-8,10,12-13,18H,4-6,9H2,1-3H3/t13-/m1/s1. The van der Waals surface area contributed by atoms with Crippen molar-refractivity contribution in [3.63, 3.8) is 0 Å². The third-order valence-electron chi connectivity index (χ3n) is 3.36. The van der Waals surface area contributed by atoms with Crippen LogP contribution in [-0.4, -0.2) is 37.8 Å². The van der Waals surface area contributed by atoms with Crippen LogP contribution in [0.15, 0.2) is 12.4 Å². The van der Waals surface area contributed by atoms with E-state index in [-0.39, 0.29) is 5.91 Å². The second kappa shape index (κ2) is 5.74. The largest absolute Gasteiger partial charge is 0.383 e. The Hall–Kier alpha value is -1.36. The van der Waals surface area contributed by atoms with E-state index in [0.29, 0.717) is 24.9 Å². The third kappa shape index (κ3) is 3.80. The molecule has 1 fully saturated rings. The van der Waals surface area contributed by atoms with Crippen LogP contribution in [-0.2, 0) is 18.4 Å². The number of aliphatic hydroxyl groups excluding tert-OH is 1. The van der Waals surface area contributed by atoms with Crippen molar-refractivity contribution in [3.05, 3.63) is 18.0 Å². The predicted octanol–water partition coefficient (Wildman–Crippen LogP) is 1.32. The fraction of sp³-hybridized carbons (Fsp3) is 0.714. The van der Waals surface area contributed by atoms with Gasteiger partial charge >= 0.3 is 0 Å². The average molecular weight is 265 g/mol. The number of carbonyl (C=O) groups is 1. The highest BCUT2D eigenvalue weighted by molar-refractivity contribution is 5.81. The monoisotopic (exact) mass is 265 g/mol. The van der Waals surface area contributed by atoms with Gasteiger partial charge in [-0.05, 0) is 25.2 Å². The number of aliphatic hydroxyl groups is 1. The van der Waals surface area contributed by atoms with Crippen LogP contribution >= 0.6 is 0 Å². The van der Waals surface area contributed by atoms with Crippen LogP contribution < -0.4 is 0 Å². The lowest BCUT2D eigenvalue weighted by atomic mass is 10.0. The molecule has 5 heteroatoms. The number of amides is 1. The highest BCUT2D eigenvalue weighted by Crippen LogP contribution is 2.29. The molecule has 1 aromatic heterocycles. The Morgan fingerprint density at radius 3 is 2.74 bits per heavy atom. The van der Waals surface area contributed by atoms with Crippen molar-refractivity contribution in [1.82, 2.24) is 14.7 Å². The van der Waals surface area contributed by atoms with Crippen molar-refractivity contribution in [1.29, 1.82) is 0 Å². The van der Waals surface area contributed by atoms with Crippen LogP contribution in [0, 0.1) is 5.92 Å². The van der Waals surface area contributed by atoms with Gasteiger partial charge in [-0.3, -0.25) is 9.48 Å². The van der Waals surface area contributed by atoms with E-state index in [1.807, 2.05) is 32.0 Å². The molecular weight excluding hydrogens is 242 g/mol. The van der Waals surface area contributed by atoms with Crippen LogP contribution in [0.2, 0.25) is 0 Å². The molecule has 2 rings (SSSR count). The highest BCUT2D eigenvalue weighted by Gasteiger charge is 2.35. The van der Waals surface area contributed by atoms with Crippen molar-refractivity contribution in [2.45, 2.75) is 51.8 Å². The third-order valence-corrected chi connectivity index (χ3v) is 3.36. The number of aromatic nitrogens is 2. The van der Waals surface area contributed by atoms with Gasteiger partial charge in [-0.1, -0.05) is 13.8 Å². The molecule has 1 aromatic rings. The molecule has 1 amide bonds. The molecule has 0 aromatic carbocycles. The summed E-state index contributed by atoms with van der Waals surface area (Å²) in [7, 11) is 1.86. The van der Waals surface area contributed by atoms with Gasteiger partial charge in [0.1, 0.15) is 6.10 Å². The normalized spacial score (nSPS) is 16.7. The molecule has 1 saturated carbocycles. The topological polar surface area (TPSA) is 58.4 Å². The first-order chi connectivity index (χ1) is 8.97. The van der Waals surface area contributed by atoms with Gasteiger partial charge in [0, 0.05) is 31.4 Å². The average Bonchev–Trinajstić information content (AvgIpc) is 3.08. The minimum absolute atomic E-state index is 0.139. The molecule has 1 N–H and O–H groups in total. The van der Waals surface area contributed by atoms with Crippen LogP contribution in [0.25, 0.3) is 0 Å². The molecule has 19 heavy (non-hydrogen) atoms. The quantitative estimate of drug-likeness (QED) is 0.844. The fourth-order valence-electron chi connectivity index (χ4n) is 2.26. The minimum atomic E-state index is -0.878. The highest BCUT2D eigenvalue weighted by atomic mass is 16.3. The van der Waals surface area contributed by atoms with Gasteiger partial charge < -0.3 is 10.0 Å². The smallest absolute Gasteiger partial charge is 0.251 e. The van der Waals surface area contributed by atoms with Crippen molar-refractivity contribution in [2.24, 2.45) is 13.0 Å². The van der Waals surface area contributed by atoms with Crippen molar-refractivity contribution in [3.8, 4) is 0 Å². The summed E-state index contributed by atoms with van der Waals surface area (Å²) < 4.78 is 1.73. The molecule has 1 atom stereocenters. The molecule has 1 aliphatic carbocycles. The summed E-state index contributed by atoms with van der Waals surface area (Å²) in [6.45, 7) is 4.57. The predicted molar refractivity (Wildman–Crippen MR) is 72.2 cm³/mol. The maximum atomic E-state index is 12.3. The minimum Gasteiger partial charge on any atom is -0.383 e. The zero-order valence-electron chi connectivity index (χ0n) is 11.9. The van der Waals surface area contributed by atoms with Crippen LogP contribution in [0.5, 0.6) is 0 Å². The van der Waals surface area contributed by atoms with Crippen molar-refractivity contribution < 1.29 is 9.90 Å². The Bertz CT molecular complexity index is 438. The van der Waals surface area contributed by atoms with E-state index in [9.17, 15) is 9.90 Å². The van der Waals surface area contributed by atoms with Gasteiger partial charge in [0.2, 0.25) is 0 Å². The Morgan fingerprint density at radius 2 is 2.26 bits per heavy atom. The van der Waals surface area contributed by atoms with E-state index < -0.39 is 6.10 Å². The molecule has 5 nitrogen and oxygen atoms in total. The first-order valence-electron chi connectivity index (χ1n) is 6.93. The summed E-state index contributed by atoms with van der Waals surface area (Å²) in [5, 5.41) is 14.1. The maximum Gasteiger partial charge on any atom is 0.251 e. The number of hydrogen-bond donors (Lipinski definition) is 1. The molecule has 0 saturated heterocycles. The van der Waals surface area contributed by atoms with E-state index in [1.165, 1.54) is 0 Å². The Morgan fingerprint density at radius 1 is 1.58 bits per heavy atom. The van der Waals surface area contributed by atoms with Gasteiger partial charge in [0.25, 0.3) is 5.91 Å². The Labute approximate surface area is 114 Å². The summed E-state index contributed by atoms with van der Waals surface area (Å²) >= 11 is 0. The Kier molecular flexibility index (Phi) is 4.24. The maximum absolute atomic E-state index is 12.3. The number of rotatable bonds is 6. The lowest BCUT2D eigenvalue weighted by Crippen LogP contribution is -2.40. The number of aryl methyl sites for hydroxylation is 1. The van der Waals surface area contributed by atoms with Crippen LogP contribution in [0.1, 0.15) is 38.7 Å². The molecule has 0 bridgehead atoms. The van der Waals surface area contributed by atoms with E-state index in [2.05, 4.69) is 5.10 Å². The summed E-state index contributed by atoms with van der Waals surface area (Å²) in [6.07, 6.45) is 5.42. The number of carbonyl (C=O) groups excluding carboxylic acids is 1. The van der Waals surface area contributed by atoms with E-state index in [0.717, 1.165) is 18.4 Å². The molecule has 1 heterocycles. The van der Waals surface area contributed by atoms with Gasteiger partial charge in [-0.15, -0.1) is 0 Å². The second-order valence-electron chi connectivity index (χ2n) is 5.86. The lowest BCUT2D eigenvalue weighted by Gasteiger charge is -2.25. The van der Waals surface area contributed by atoms with E-state index in [4.69, 9.17) is 0 Å². The van der Waals surface area contributed by atoms with Crippen molar-refractivity contribution in [2.75, 3.05) is 0 Å². The van der Waals surface area contributed by atoms with E-state index >= 15 is 0 Å². The second-order valence-corrected chi connectivity index (χ2v) is 5.86. The summed E-state index contributed by atoms with van der Waals surface area (Å²) in [6, 6.07) is 0.300. The van der Waals surface area contributed by atoms with Gasteiger partial charge in [-0.25, -0.2) is 0 Å². The van der Waals surface area contributed by atoms with Crippen LogP contribution in [0.4, 0.5) is 0 Å². The number of nitrogens with zero attached hydrogens (tertiary/aromatic N) is 3. The Balaban J connectivity index is 2.01. The molecule has 1 aliphatic rings. The summed E-state index contributed by atoms with van der Waals surface area (Å²) in [5.41, 5.74) is 1.01. The van der Waals surface area contributed by atoms with Gasteiger partial charge in [-0.2, -0.15) is 5.10 Å². The molecule has 0 aliphatic heterocycles. The lowest BCUT2D eigenvalue weighted by molar-refractivity contribution is -0.142. The summed E-state index contributed by atoms with van der Waals surface area (Å²) in [5.74, 6) is 0.179. The molecule has 0 spiro atoms. The SMILES string of the molecule is CC(C)C[C@@H](O)C(=O)N(Cc1cnn(C)c1)C1CC1. The first-order valence-corrected chi connectivity index (χ1v) is 6.93. The molecular formula is C14H23N3O2. The zero-order valence-corrected chi connectivity index (χ0v) is 11.9. The zero-order chi connectivity index (χ0) is 14.0. The summed E-state index contributed by atoms with van der Waals surface area (Å²) in [4.78, 5) is 14.1. The van der Waals surface area contributed by atoms with Crippen LogP contribution in [0.3, 0.4) is 0 Å². The van der Waals surface area contributed by atoms with Gasteiger partial charge in [0.05, 0.1) is 6.20 Å². The van der Waals surface area contributed by atoms with E-state index in [1.54, 1.807) is 10.9 Å². The first kappa shape index (κ1) is 14.1. The molecule has 0 unspecified atom stereocenters.